The zero-order valence-corrected chi connectivity index (χ0v) is 20.4. The molecule has 2 aromatic rings. The number of hydrogen-bond donors (Lipinski definition) is 1. The first kappa shape index (κ1) is 24.7. The Bertz CT molecular complexity index is 1100. The summed E-state index contributed by atoms with van der Waals surface area (Å²) >= 11 is 0. The van der Waals surface area contributed by atoms with Gasteiger partial charge in [0.05, 0.1) is 11.4 Å². The average Bonchev–Trinajstić information content (AvgIpc) is 2.80. The first-order valence-corrected chi connectivity index (χ1v) is 12.3. The maximum atomic E-state index is 13.4. The molecule has 0 aromatic heterocycles. The number of carbonyl (C=O) groups is 2. The van der Waals surface area contributed by atoms with Gasteiger partial charge in [-0.2, -0.15) is 4.31 Å². The summed E-state index contributed by atoms with van der Waals surface area (Å²) in [6.07, 6.45) is 0. The molecule has 178 valence electrons. The summed E-state index contributed by atoms with van der Waals surface area (Å²) in [4.78, 5) is 26.4. The van der Waals surface area contributed by atoms with Gasteiger partial charge in [0.2, 0.25) is 15.9 Å². The Morgan fingerprint density at radius 2 is 1.52 bits per heavy atom. The molecule has 3 rings (SSSR count). The quantitative estimate of drug-likeness (QED) is 0.663. The van der Waals surface area contributed by atoms with Gasteiger partial charge in [0.1, 0.15) is 5.75 Å². The predicted molar refractivity (Wildman–Crippen MR) is 126 cm³/mol. The second-order valence-corrected chi connectivity index (χ2v) is 10.1. The lowest BCUT2D eigenvalue weighted by molar-refractivity contribution is -0.134. The molecule has 1 saturated heterocycles. The molecule has 0 saturated carbocycles. The van der Waals surface area contributed by atoms with Gasteiger partial charge in [-0.05, 0) is 62.1 Å². The minimum atomic E-state index is -3.67. The van der Waals surface area contributed by atoms with E-state index in [9.17, 15) is 18.0 Å². The molecule has 9 heteroatoms. The van der Waals surface area contributed by atoms with Crippen LogP contribution in [-0.2, 0) is 19.6 Å². The van der Waals surface area contributed by atoms with Gasteiger partial charge in [-0.15, -0.1) is 0 Å². The van der Waals surface area contributed by atoms with Crippen LogP contribution >= 0.6 is 0 Å². The molecule has 0 atom stereocenters. The summed E-state index contributed by atoms with van der Waals surface area (Å²) in [6.45, 7) is 8.13. The molecule has 0 bridgehead atoms. The van der Waals surface area contributed by atoms with E-state index in [0.29, 0.717) is 10.6 Å². The van der Waals surface area contributed by atoms with Crippen LogP contribution in [0.3, 0.4) is 0 Å². The first-order chi connectivity index (χ1) is 15.6. The number of para-hydroxylation sites is 1. The van der Waals surface area contributed by atoms with Gasteiger partial charge in [0.15, 0.2) is 6.61 Å². The number of sulfonamides is 1. The van der Waals surface area contributed by atoms with Crippen molar-refractivity contribution in [3.63, 3.8) is 0 Å². The van der Waals surface area contributed by atoms with Gasteiger partial charge in [0, 0.05) is 26.2 Å². The Kier molecular flexibility index (Phi) is 7.76. The van der Waals surface area contributed by atoms with Crippen molar-refractivity contribution >= 4 is 21.8 Å². The fraction of sp³-hybridized carbons (Fsp3) is 0.417. The zero-order valence-electron chi connectivity index (χ0n) is 19.6. The van der Waals surface area contributed by atoms with Crippen LogP contribution in [0.1, 0.15) is 22.3 Å². The monoisotopic (exact) mass is 473 g/mol. The van der Waals surface area contributed by atoms with Crippen LogP contribution in [0.2, 0.25) is 0 Å². The van der Waals surface area contributed by atoms with E-state index >= 15 is 0 Å². The Morgan fingerprint density at radius 1 is 0.939 bits per heavy atom. The van der Waals surface area contributed by atoms with Gasteiger partial charge in [-0.25, -0.2) is 8.42 Å². The van der Waals surface area contributed by atoms with Crippen molar-refractivity contribution in [1.29, 1.82) is 0 Å². The molecule has 1 N–H and O–H groups in total. The van der Waals surface area contributed by atoms with E-state index in [1.54, 1.807) is 29.2 Å². The summed E-state index contributed by atoms with van der Waals surface area (Å²) < 4.78 is 33.5. The van der Waals surface area contributed by atoms with Crippen LogP contribution in [0.25, 0.3) is 0 Å². The maximum Gasteiger partial charge on any atom is 0.258 e. The highest BCUT2D eigenvalue weighted by molar-refractivity contribution is 7.89. The van der Waals surface area contributed by atoms with Gasteiger partial charge in [-0.3, -0.25) is 9.59 Å². The van der Waals surface area contributed by atoms with Crippen LogP contribution in [-0.4, -0.2) is 68.8 Å². The predicted octanol–water partition coefficient (Wildman–Crippen LogP) is 1.95. The van der Waals surface area contributed by atoms with Crippen LogP contribution < -0.4 is 10.1 Å². The molecule has 1 heterocycles. The molecule has 1 aliphatic heterocycles. The molecule has 1 aliphatic rings. The second kappa shape index (κ2) is 10.4. The normalized spacial score (nSPS) is 14.7. The fourth-order valence-corrected chi connectivity index (χ4v) is 5.88. The molecular weight excluding hydrogens is 442 g/mol. The number of amides is 2. The number of piperazine rings is 1. The molecule has 2 aromatic carbocycles. The third-order valence-corrected chi connectivity index (χ3v) is 8.21. The summed E-state index contributed by atoms with van der Waals surface area (Å²) in [5, 5.41) is 2.56. The number of rotatable bonds is 7. The Labute approximate surface area is 195 Å². The SMILES string of the molecule is Cc1cc(C)c(C)c(S(=O)(=O)N2CCN(C(=O)CNC(=O)COc3ccccc3)CC2)c1C. The molecule has 0 unspecified atom stereocenters. The Hall–Kier alpha value is -2.91. The number of aryl methyl sites for hydroxylation is 2. The third-order valence-electron chi connectivity index (χ3n) is 6.04. The lowest BCUT2D eigenvalue weighted by Gasteiger charge is -2.34. The summed E-state index contributed by atoms with van der Waals surface area (Å²) in [5.41, 5.74) is 3.41. The molecule has 0 spiro atoms. The van der Waals surface area contributed by atoms with Crippen molar-refractivity contribution in [2.75, 3.05) is 39.3 Å². The van der Waals surface area contributed by atoms with Gasteiger partial charge >= 0.3 is 0 Å². The van der Waals surface area contributed by atoms with E-state index in [0.717, 1.165) is 22.3 Å². The average molecular weight is 474 g/mol. The van der Waals surface area contributed by atoms with E-state index in [1.807, 2.05) is 39.8 Å². The number of hydrogen-bond acceptors (Lipinski definition) is 5. The van der Waals surface area contributed by atoms with E-state index in [-0.39, 0.29) is 45.2 Å². The number of nitrogens with zero attached hydrogens (tertiary/aromatic N) is 2. The number of ether oxygens (including phenoxy) is 1. The van der Waals surface area contributed by atoms with Crippen molar-refractivity contribution < 1.29 is 22.7 Å². The molecule has 33 heavy (non-hydrogen) atoms. The highest BCUT2D eigenvalue weighted by Gasteiger charge is 2.32. The maximum absolute atomic E-state index is 13.4. The number of nitrogens with one attached hydrogen (secondary N) is 1. The Morgan fingerprint density at radius 3 is 2.09 bits per heavy atom. The van der Waals surface area contributed by atoms with Gasteiger partial charge in [0.25, 0.3) is 5.91 Å². The number of benzene rings is 2. The summed E-state index contributed by atoms with van der Waals surface area (Å²) in [5.74, 6) is -0.0707. The van der Waals surface area contributed by atoms with Crippen LogP contribution in [0.5, 0.6) is 5.75 Å². The Balaban J connectivity index is 1.53. The third kappa shape index (κ3) is 5.72. The summed E-state index contributed by atoms with van der Waals surface area (Å²) in [6, 6.07) is 10.9. The van der Waals surface area contributed by atoms with Crippen molar-refractivity contribution in [2.45, 2.75) is 32.6 Å². The highest BCUT2D eigenvalue weighted by atomic mass is 32.2. The lowest BCUT2D eigenvalue weighted by Crippen LogP contribution is -2.52. The van der Waals surface area contributed by atoms with Crippen molar-refractivity contribution in [2.24, 2.45) is 0 Å². The fourth-order valence-electron chi connectivity index (χ4n) is 3.88. The topological polar surface area (TPSA) is 96.0 Å². The molecule has 2 amide bonds. The molecular formula is C24H31N3O5S. The minimum absolute atomic E-state index is 0.154. The first-order valence-electron chi connectivity index (χ1n) is 10.9. The highest BCUT2D eigenvalue weighted by Crippen LogP contribution is 2.29. The van der Waals surface area contributed by atoms with Crippen LogP contribution in [0.4, 0.5) is 0 Å². The molecule has 0 radical (unpaired) electrons. The zero-order chi connectivity index (χ0) is 24.2. The van der Waals surface area contributed by atoms with Crippen molar-refractivity contribution in [3.8, 4) is 5.75 Å². The largest absolute Gasteiger partial charge is 0.484 e. The molecule has 8 nitrogen and oxygen atoms in total. The smallest absolute Gasteiger partial charge is 0.258 e. The second-order valence-electron chi connectivity index (χ2n) is 8.25. The van der Waals surface area contributed by atoms with Crippen molar-refractivity contribution in [3.05, 3.63) is 58.7 Å². The minimum Gasteiger partial charge on any atom is -0.484 e. The summed E-state index contributed by atoms with van der Waals surface area (Å²) in [7, 11) is -3.67. The standard InChI is InChI=1S/C24H31N3O5S/c1-17-14-18(2)20(4)24(19(17)3)33(30,31)27-12-10-26(11-13-27)23(29)15-25-22(28)16-32-21-8-6-5-7-9-21/h5-9,14H,10-13,15-16H2,1-4H3,(H,25,28). The van der Waals surface area contributed by atoms with Crippen molar-refractivity contribution in [1.82, 2.24) is 14.5 Å². The van der Waals surface area contributed by atoms with E-state index in [1.165, 1.54) is 4.31 Å². The van der Waals surface area contributed by atoms with Crippen LogP contribution in [0.15, 0.2) is 41.3 Å². The van der Waals surface area contributed by atoms with Gasteiger partial charge in [-0.1, -0.05) is 24.3 Å². The lowest BCUT2D eigenvalue weighted by atomic mass is 10.0. The van der Waals surface area contributed by atoms with E-state index in [4.69, 9.17) is 4.74 Å². The number of carbonyl (C=O) groups excluding carboxylic acids is 2. The molecule has 0 aliphatic carbocycles. The van der Waals surface area contributed by atoms with Gasteiger partial charge < -0.3 is 15.0 Å². The molecule has 1 fully saturated rings. The van der Waals surface area contributed by atoms with E-state index in [2.05, 4.69) is 5.32 Å². The van der Waals surface area contributed by atoms with Crippen LogP contribution in [0, 0.1) is 27.7 Å². The van der Waals surface area contributed by atoms with E-state index < -0.39 is 15.9 Å².